The van der Waals surface area contributed by atoms with Crippen molar-refractivity contribution in [1.82, 2.24) is 29.3 Å². The molecule has 0 N–H and O–H groups in total. The van der Waals surface area contributed by atoms with Crippen molar-refractivity contribution in [2.75, 3.05) is 7.05 Å². The molecule has 10 heteroatoms. The first-order valence-electron chi connectivity index (χ1n) is 10.2. The molecular weight excluding hydrogens is 433 g/mol. The van der Waals surface area contributed by atoms with Crippen molar-refractivity contribution in [3.05, 3.63) is 70.3 Å². The van der Waals surface area contributed by atoms with Crippen LogP contribution < -0.4 is 0 Å². The average molecular weight is 456 g/mol. The Bertz CT molecular complexity index is 1370. The van der Waals surface area contributed by atoms with Crippen LogP contribution in [0, 0.1) is 20.8 Å². The van der Waals surface area contributed by atoms with Gasteiger partial charge in [0.15, 0.2) is 17.0 Å². The van der Waals surface area contributed by atoms with Gasteiger partial charge in [-0.2, -0.15) is 23.4 Å². The second-order valence-electron chi connectivity index (χ2n) is 8.20. The van der Waals surface area contributed by atoms with Crippen molar-refractivity contribution < 1.29 is 18.0 Å². The fourth-order valence-corrected chi connectivity index (χ4v) is 3.66. The van der Waals surface area contributed by atoms with E-state index in [2.05, 4.69) is 15.2 Å². The van der Waals surface area contributed by atoms with E-state index in [1.165, 1.54) is 11.0 Å². The molecule has 0 saturated carbocycles. The Labute approximate surface area is 188 Å². The second kappa shape index (κ2) is 8.02. The number of hydrogen-bond acceptors (Lipinski definition) is 4. The van der Waals surface area contributed by atoms with Gasteiger partial charge in [-0.05, 0) is 44.0 Å². The number of benzene rings is 1. The Balaban J connectivity index is 1.76. The van der Waals surface area contributed by atoms with Crippen molar-refractivity contribution in [3.63, 3.8) is 0 Å². The fraction of sp³-hybridized carbons (Fsp3) is 0.304. The lowest BCUT2D eigenvalue weighted by atomic mass is 10.0. The highest BCUT2D eigenvalue weighted by Crippen LogP contribution is 2.33. The molecule has 0 unspecified atom stereocenters. The molecule has 1 aromatic carbocycles. The molecule has 0 aliphatic carbocycles. The number of aryl methyl sites for hydroxylation is 4. The molecule has 0 saturated heterocycles. The first kappa shape index (κ1) is 22.5. The number of fused-ring (bicyclic) bond motifs is 1. The summed E-state index contributed by atoms with van der Waals surface area (Å²) >= 11 is 0. The van der Waals surface area contributed by atoms with Crippen LogP contribution in [0.25, 0.3) is 16.9 Å². The number of hydrogen-bond donors (Lipinski definition) is 0. The molecule has 3 aromatic heterocycles. The predicted molar refractivity (Wildman–Crippen MR) is 117 cm³/mol. The van der Waals surface area contributed by atoms with Gasteiger partial charge >= 0.3 is 6.18 Å². The number of halogens is 3. The van der Waals surface area contributed by atoms with E-state index in [0.717, 1.165) is 28.5 Å². The van der Waals surface area contributed by atoms with Gasteiger partial charge in [0.1, 0.15) is 0 Å². The van der Waals surface area contributed by atoms with Gasteiger partial charge in [0, 0.05) is 44.0 Å². The van der Waals surface area contributed by atoms with Crippen molar-refractivity contribution in [1.29, 1.82) is 0 Å². The number of alkyl halides is 3. The minimum atomic E-state index is -4.68. The summed E-state index contributed by atoms with van der Waals surface area (Å²) in [5, 5.41) is 8.20. The smallest absolute Gasteiger partial charge is 0.336 e. The molecule has 0 radical (unpaired) electrons. The first-order chi connectivity index (χ1) is 15.4. The lowest BCUT2D eigenvalue weighted by Gasteiger charge is -2.15. The van der Waals surface area contributed by atoms with Gasteiger partial charge in [-0.15, -0.1) is 0 Å². The molecule has 172 valence electrons. The zero-order chi connectivity index (χ0) is 24.1. The third kappa shape index (κ3) is 4.33. The minimum Gasteiger partial charge on any atom is -0.336 e. The lowest BCUT2D eigenvalue weighted by molar-refractivity contribution is -0.142. The fourth-order valence-electron chi connectivity index (χ4n) is 3.66. The molecule has 0 aliphatic heterocycles. The van der Waals surface area contributed by atoms with Crippen LogP contribution in [0.5, 0.6) is 0 Å². The highest BCUT2D eigenvalue weighted by atomic mass is 19.4. The molecule has 0 bridgehead atoms. The van der Waals surface area contributed by atoms with Crippen LogP contribution in [0.3, 0.4) is 0 Å². The first-order valence-corrected chi connectivity index (χ1v) is 10.2. The number of carbonyl (C=O) groups excluding carboxylic acids is 1. The molecule has 33 heavy (non-hydrogen) atoms. The third-order valence-corrected chi connectivity index (χ3v) is 5.61. The Morgan fingerprint density at radius 2 is 1.79 bits per heavy atom. The van der Waals surface area contributed by atoms with E-state index < -0.39 is 17.8 Å². The molecule has 3 heterocycles. The Kier molecular flexibility index (Phi) is 5.47. The second-order valence-corrected chi connectivity index (χ2v) is 8.20. The van der Waals surface area contributed by atoms with E-state index in [4.69, 9.17) is 0 Å². The maximum atomic E-state index is 13.9. The Morgan fingerprint density at radius 3 is 2.39 bits per heavy atom. The Morgan fingerprint density at radius 1 is 1.06 bits per heavy atom. The van der Waals surface area contributed by atoms with Crippen LogP contribution in [0.1, 0.15) is 38.6 Å². The van der Waals surface area contributed by atoms with Crippen LogP contribution in [0.4, 0.5) is 13.2 Å². The molecule has 0 aliphatic rings. The maximum Gasteiger partial charge on any atom is 0.433 e. The average Bonchev–Trinajstić information content (AvgIpc) is 3.30. The van der Waals surface area contributed by atoms with Crippen molar-refractivity contribution in [2.45, 2.75) is 33.5 Å². The highest BCUT2D eigenvalue weighted by molar-refractivity contribution is 5.93. The standard InChI is InChI=1S/C23H23F3N6O/c1-13-6-7-16(8-14(13)2)18-9-20(23(24,25)26)32-21(27-18)10-19(29-32)22(33)30(4)11-17-12-31(5)28-15(17)3/h6-10,12H,11H2,1-5H3. The third-order valence-electron chi connectivity index (χ3n) is 5.61. The molecule has 4 aromatic rings. The van der Waals surface area contributed by atoms with Crippen LogP contribution in [0.15, 0.2) is 36.5 Å². The summed E-state index contributed by atoms with van der Waals surface area (Å²) in [4.78, 5) is 18.7. The lowest BCUT2D eigenvalue weighted by Crippen LogP contribution is -2.27. The minimum absolute atomic E-state index is 0.0487. The van der Waals surface area contributed by atoms with E-state index in [0.29, 0.717) is 10.1 Å². The summed E-state index contributed by atoms with van der Waals surface area (Å²) < 4.78 is 43.9. The van der Waals surface area contributed by atoms with Crippen molar-refractivity contribution in [2.24, 2.45) is 7.05 Å². The van der Waals surface area contributed by atoms with Crippen molar-refractivity contribution >= 4 is 11.6 Å². The quantitative estimate of drug-likeness (QED) is 0.458. The molecule has 0 atom stereocenters. The van der Waals surface area contributed by atoms with Gasteiger partial charge in [0.25, 0.3) is 5.91 Å². The number of nitrogens with zero attached hydrogens (tertiary/aromatic N) is 6. The van der Waals surface area contributed by atoms with Crippen LogP contribution >= 0.6 is 0 Å². The summed E-state index contributed by atoms with van der Waals surface area (Å²) in [7, 11) is 3.34. The maximum absolute atomic E-state index is 13.9. The number of rotatable bonds is 4. The van der Waals surface area contributed by atoms with Crippen LogP contribution in [-0.2, 0) is 19.8 Å². The Hall–Kier alpha value is -3.69. The summed E-state index contributed by atoms with van der Waals surface area (Å²) in [5.41, 5.74) is 3.14. The number of carbonyl (C=O) groups is 1. The van der Waals surface area contributed by atoms with Gasteiger partial charge in [0.05, 0.1) is 11.4 Å². The largest absolute Gasteiger partial charge is 0.433 e. The molecule has 1 amide bonds. The topological polar surface area (TPSA) is 68.3 Å². The van der Waals surface area contributed by atoms with Gasteiger partial charge in [0.2, 0.25) is 0 Å². The highest BCUT2D eigenvalue weighted by Gasteiger charge is 2.36. The van der Waals surface area contributed by atoms with E-state index >= 15 is 0 Å². The van der Waals surface area contributed by atoms with Crippen LogP contribution in [0.2, 0.25) is 0 Å². The van der Waals surface area contributed by atoms with E-state index in [1.54, 1.807) is 37.1 Å². The van der Waals surface area contributed by atoms with E-state index in [9.17, 15) is 18.0 Å². The molecule has 0 fully saturated rings. The van der Waals surface area contributed by atoms with Crippen LogP contribution in [-0.4, -0.2) is 42.2 Å². The van der Waals surface area contributed by atoms with Gasteiger partial charge in [-0.3, -0.25) is 9.48 Å². The summed E-state index contributed by atoms with van der Waals surface area (Å²) in [6.45, 7) is 5.89. The summed E-state index contributed by atoms with van der Waals surface area (Å²) in [5.74, 6) is -0.510. The van der Waals surface area contributed by atoms with Gasteiger partial charge in [-0.25, -0.2) is 9.50 Å². The number of amides is 1. The number of aromatic nitrogens is 5. The van der Waals surface area contributed by atoms with Gasteiger partial charge in [-0.1, -0.05) is 12.1 Å². The summed E-state index contributed by atoms with van der Waals surface area (Å²) in [6.07, 6.45) is -2.89. The molecular formula is C23H23F3N6O. The van der Waals surface area contributed by atoms with Gasteiger partial charge < -0.3 is 4.90 Å². The zero-order valence-electron chi connectivity index (χ0n) is 18.9. The predicted octanol–water partition coefficient (Wildman–Crippen LogP) is 4.35. The molecule has 4 rings (SSSR count). The normalized spacial score (nSPS) is 11.9. The van der Waals surface area contributed by atoms with E-state index in [1.807, 2.05) is 26.8 Å². The van der Waals surface area contributed by atoms with Crippen molar-refractivity contribution in [3.8, 4) is 11.3 Å². The molecule has 0 spiro atoms. The molecule has 7 nitrogen and oxygen atoms in total. The monoisotopic (exact) mass is 456 g/mol. The van der Waals surface area contributed by atoms with E-state index in [-0.39, 0.29) is 23.6 Å². The zero-order valence-corrected chi connectivity index (χ0v) is 18.9. The SMILES string of the molecule is Cc1ccc(-c2cc(C(F)(F)F)n3nc(C(=O)N(C)Cc4cn(C)nc4C)cc3n2)cc1C. The summed E-state index contributed by atoms with van der Waals surface area (Å²) in [6, 6.07) is 7.61.